The van der Waals surface area contributed by atoms with Gasteiger partial charge in [-0.3, -0.25) is 0 Å². The van der Waals surface area contributed by atoms with Crippen molar-refractivity contribution < 1.29 is 0 Å². The van der Waals surface area contributed by atoms with Gasteiger partial charge in [-0.1, -0.05) is 57.2 Å². The molecule has 0 bridgehead atoms. The third kappa shape index (κ3) is 2.45. The first-order chi connectivity index (χ1) is 10.2. The molecule has 1 aliphatic carbocycles. The lowest BCUT2D eigenvalue weighted by molar-refractivity contribution is 0.415. The zero-order valence-corrected chi connectivity index (χ0v) is 14.5. The lowest BCUT2D eigenvalue weighted by Crippen LogP contribution is -2.25. The summed E-state index contributed by atoms with van der Waals surface area (Å²) in [7, 11) is 0. The summed E-state index contributed by atoms with van der Waals surface area (Å²) in [6, 6.07) is 8.86. The number of benzene rings is 1. The molecule has 0 saturated heterocycles. The van der Waals surface area contributed by atoms with Gasteiger partial charge in [-0.05, 0) is 53.1 Å². The second-order valence-electron chi connectivity index (χ2n) is 6.14. The molecule has 0 N–H and O–H groups in total. The SMILES string of the molecule is CCCCC1(CCCC)c2cc(Cl)ccc2-c2sccc21. The van der Waals surface area contributed by atoms with Gasteiger partial charge in [-0.25, -0.2) is 0 Å². The van der Waals surface area contributed by atoms with Gasteiger partial charge in [0.25, 0.3) is 0 Å². The molecule has 112 valence electrons. The maximum absolute atomic E-state index is 6.33. The number of thiophene rings is 1. The summed E-state index contributed by atoms with van der Waals surface area (Å²) in [4.78, 5) is 1.48. The summed E-state index contributed by atoms with van der Waals surface area (Å²) >= 11 is 8.22. The number of hydrogen-bond acceptors (Lipinski definition) is 1. The lowest BCUT2D eigenvalue weighted by Gasteiger charge is -2.32. The smallest absolute Gasteiger partial charge is 0.0409 e. The van der Waals surface area contributed by atoms with Crippen molar-refractivity contribution in [2.24, 2.45) is 0 Å². The Balaban J connectivity index is 2.15. The normalized spacial score (nSPS) is 15.0. The first kappa shape index (κ1) is 15.1. The van der Waals surface area contributed by atoms with Crippen LogP contribution in [0.2, 0.25) is 5.02 Å². The maximum Gasteiger partial charge on any atom is 0.0409 e. The molecule has 1 heterocycles. The van der Waals surface area contributed by atoms with Crippen LogP contribution in [0.1, 0.15) is 63.5 Å². The van der Waals surface area contributed by atoms with E-state index in [1.54, 1.807) is 5.56 Å². The molecule has 3 rings (SSSR count). The Morgan fingerprint density at radius 1 is 1.00 bits per heavy atom. The van der Waals surface area contributed by atoms with Crippen LogP contribution in [0.15, 0.2) is 29.6 Å². The average Bonchev–Trinajstić information content (AvgIpc) is 3.05. The number of hydrogen-bond donors (Lipinski definition) is 0. The van der Waals surface area contributed by atoms with Crippen molar-refractivity contribution in [1.29, 1.82) is 0 Å². The van der Waals surface area contributed by atoms with Crippen LogP contribution in [0.5, 0.6) is 0 Å². The first-order valence-corrected chi connectivity index (χ1v) is 9.37. The molecule has 2 aromatic rings. The molecule has 0 nitrogen and oxygen atoms in total. The highest BCUT2D eigenvalue weighted by Gasteiger charge is 2.42. The molecule has 0 atom stereocenters. The van der Waals surface area contributed by atoms with E-state index in [0.717, 1.165) is 5.02 Å². The Kier molecular flexibility index (Phi) is 4.42. The number of unbranched alkanes of at least 4 members (excludes halogenated alkanes) is 2. The van der Waals surface area contributed by atoms with Crippen LogP contribution in [0.3, 0.4) is 0 Å². The quantitative estimate of drug-likeness (QED) is 0.535. The fourth-order valence-corrected chi connectivity index (χ4v) is 4.98. The molecule has 0 saturated carbocycles. The van der Waals surface area contributed by atoms with E-state index in [9.17, 15) is 0 Å². The third-order valence-electron chi connectivity index (χ3n) is 4.84. The molecular formula is C19H23ClS. The summed E-state index contributed by atoms with van der Waals surface area (Å²) in [5.41, 5.74) is 4.68. The van der Waals surface area contributed by atoms with Crippen molar-refractivity contribution in [3.8, 4) is 10.4 Å². The molecule has 0 spiro atoms. The fraction of sp³-hybridized carbons (Fsp3) is 0.474. The van der Waals surface area contributed by atoms with Gasteiger partial charge < -0.3 is 0 Å². The number of rotatable bonds is 6. The van der Waals surface area contributed by atoms with E-state index < -0.39 is 0 Å². The van der Waals surface area contributed by atoms with E-state index in [1.165, 1.54) is 54.5 Å². The molecule has 1 aliphatic rings. The van der Waals surface area contributed by atoms with Crippen molar-refractivity contribution in [3.63, 3.8) is 0 Å². The largest absolute Gasteiger partial charge is 0.143 e. The molecule has 21 heavy (non-hydrogen) atoms. The van der Waals surface area contributed by atoms with Crippen molar-refractivity contribution in [2.75, 3.05) is 0 Å². The minimum Gasteiger partial charge on any atom is -0.143 e. The Morgan fingerprint density at radius 3 is 2.38 bits per heavy atom. The van der Waals surface area contributed by atoms with Crippen molar-refractivity contribution in [1.82, 2.24) is 0 Å². The summed E-state index contributed by atoms with van der Waals surface area (Å²) in [5.74, 6) is 0. The molecule has 1 aromatic heterocycles. The van der Waals surface area contributed by atoms with Crippen LogP contribution in [0.4, 0.5) is 0 Å². The third-order valence-corrected chi connectivity index (χ3v) is 6.02. The zero-order chi connectivity index (χ0) is 14.9. The second-order valence-corrected chi connectivity index (χ2v) is 7.50. The Morgan fingerprint density at radius 2 is 1.71 bits per heavy atom. The zero-order valence-electron chi connectivity index (χ0n) is 12.9. The van der Waals surface area contributed by atoms with E-state index in [-0.39, 0.29) is 5.41 Å². The van der Waals surface area contributed by atoms with Crippen LogP contribution < -0.4 is 0 Å². The molecule has 0 amide bonds. The van der Waals surface area contributed by atoms with Crippen LogP contribution in [0, 0.1) is 0 Å². The van der Waals surface area contributed by atoms with Crippen molar-refractivity contribution in [2.45, 2.75) is 57.8 Å². The van der Waals surface area contributed by atoms with Crippen LogP contribution in [-0.2, 0) is 5.41 Å². The summed E-state index contributed by atoms with van der Waals surface area (Å²) in [6.45, 7) is 4.58. The minimum absolute atomic E-state index is 0.210. The van der Waals surface area contributed by atoms with Gasteiger partial charge in [0.05, 0.1) is 0 Å². The van der Waals surface area contributed by atoms with Gasteiger partial charge in [-0.15, -0.1) is 11.3 Å². The molecular weight excluding hydrogens is 296 g/mol. The molecule has 0 radical (unpaired) electrons. The van der Waals surface area contributed by atoms with E-state index in [2.05, 4.69) is 37.4 Å². The van der Waals surface area contributed by atoms with Gasteiger partial charge in [0, 0.05) is 15.3 Å². The second kappa shape index (κ2) is 6.14. The molecule has 0 unspecified atom stereocenters. The van der Waals surface area contributed by atoms with Gasteiger partial charge in [0.1, 0.15) is 0 Å². The van der Waals surface area contributed by atoms with Crippen LogP contribution in [0.25, 0.3) is 10.4 Å². The summed E-state index contributed by atoms with van der Waals surface area (Å²) < 4.78 is 0. The van der Waals surface area contributed by atoms with Gasteiger partial charge in [0.15, 0.2) is 0 Å². The molecule has 1 aromatic carbocycles. The minimum atomic E-state index is 0.210. The van der Waals surface area contributed by atoms with E-state index in [4.69, 9.17) is 11.6 Å². The fourth-order valence-electron chi connectivity index (χ4n) is 3.77. The lowest BCUT2D eigenvalue weighted by atomic mass is 9.71. The molecule has 0 fully saturated rings. The van der Waals surface area contributed by atoms with Crippen molar-refractivity contribution >= 4 is 22.9 Å². The highest BCUT2D eigenvalue weighted by atomic mass is 35.5. The van der Waals surface area contributed by atoms with Gasteiger partial charge in [0.2, 0.25) is 0 Å². The predicted octanol–water partition coefficient (Wildman–Crippen LogP) is 7.05. The Labute approximate surface area is 137 Å². The van der Waals surface area contributed by atoms with E-state index in [1.807, 2.05) is 17.4 Å². The van der Waals surface area contributed by atoms with Crippen LogP contribution >= 0.6 is 22.9 Å². The van der Waals surface area contributed by atoms with Gasteiger partial charge in [-0.2, -0.15) is 0 Å². The maximum atomic E-state index is 6.33. The Hall–Kier alpha value is -0.790. The molecule has 0 aliphatic heterocycles. The summed E-state index contributed by atoms with van der Waals surface area (Å²) in [5, 5.41) is 3.13. The van der Waals surface area contributed by atoms with Gasteiger partial charge >= 0.3 is 0 Å². The standard InChI is InChI=1S/C19H23ClS/c1-3-5-10-19(11-6-4-2)16-9-12-21-18(16)15-8-7-14(20)13-17(15)19/h7-9,12-13H,3-6,10-11H2,1-2H3. The van der Waals surface area contributed by atoms with E-state index in [0.29, 0.717) is 0 Å². The average molecular weight is 319 g/mol. The predicted molar refractivity (Wildman–Crippen MR) is 94.6 cm³/mol. The summed E-state index contributed by atoms with van der Waals surface area (Å²) in [6.07, 6.45) is 7.57. The number of fused-ring (bicyclic) bond motifs is 3. The monoisotopic (exact) mass is 318 g/mol. The highest BCUT2D eigenvalue weighted by Crippen LogP contribution is 2.56. The van der Waals surface area contributed by atoms with E-state index >= 15 is 0 Å². The Bertz CT molecular complexity index is 618. The topological polar surface area (TPSA) is 0 Å². The molecule has 2 heteroatoms. The van der Waals surface area contributed by atoms with Crippen LogP contribution in [-0.4, -0.2) is 0 Å². The number of halogens is 1. The van der Waals surface area contributed by atoms with Crippen molar-refractivity contribution in [3.05, 3.63) is 45.8 Å². The first-order valence-electron chi connectivity index (χ1n) is 8.11. The highest BCUT2D eigenvalue weighted by molar-refractivity contribution is 7.14.